The summed E-state index contributed by atoms with van der Waals surface area (Å²) in [5, 5.41) is 3.67. The monoisotopic (exact) mass is 389 g/mol. The van der Waals surface area contributed by atoms with Gasteiger partial charge in [-0.1, -0.05) is 43.4 Å². The molecule has 1 atom stereocenters. The lowest BCUT2D eigenvalue weighted by Crippen LogP contribution is -2.24. The molecule has 1 amide bonds. The second-order valence-corrected chi connectivity index (χ2v) is 8.07. The Bertz CT molecular complexity index is 777. The highest BCUT2D eigenvalue weighted by Crippen LogP contribution is 2.37. The first-order chi connectivity index (χ1) is 12.6. The molecule has 0 spiro atoms. The van der Waals surface area contributed by atoms with Gasteiger partial charge in [0.15, 0.2) is 0 Å². The van der Waals surface area contributed by atoms with Crippen molar-refractivity contribution >= 4 is 35.1 Å². The zero-order valence-corrected chi connectivity index (χ0v) is 16.7. The van der Waals surface area contributed by atoms with Gasteiger partial charge in [0.2, 0.25) is 5.91 Å². The number of carbonyl (C=O) groups excluding carboxylic acids is 1. The molecule has 138 valence electrons. The van der Waals surface area contributed by atoms with Crippen molar-refractivity contribution in [1.82, 2.24) is 9.97 Å². The molecule has 6 heteroatoms. The van der Waals surface area contributed by atoms with Crippen molar-refractivity contribution in [2.24, 2.45) is 5.92 Å². The number of halogens is 1. The Kier molecular flexibility index (Phi) is 6.54. The van der Waals surface area contributed by atoms with E-state index < -0.39 is 0 Å². The van der Waals surface area contributed by atoms with Gasteiger partial charge < -0.3 is 5.32 Å². The first-order valence-corrected chi connectivity index (χ1v) is 10.6. The van der Waals surface area contributed by atoms with Gasteiger partial charge in [0, 0.05) is 11.1 Å². The number of aryl methyl sites for hydroxylation is 1. The quantitative estimate of drug-likeness (QED) is 0.666. The third-order valence-corrected chi connectivity index (χ3v) is 6.19. The first kappa shape index (κ1) is 19.2. The molecule has 0 aliphatic heterocycles. The minimum absolute atomic E-state index is 0.0250. The second-order valence-electron chi connectivity index (χ2n) is 6.81. The maximum absolute atomic E-state index is 13.1. The van der Waals surface area contributed by atoms with Gasteiger partial charge in [-0.15, -0.1) is 11.8 Å². The molecule has 0 radical (unpaired) electrons. The van der Waals surface area contributed by atoms with Gasteiger partial charge in [0.1, 0.15) is 11.6 Å². The number of hydrogen-bond acceptors (Lipinski definition) is 4. The van der Waals surface area contributed by atoms with E-state index in [1.54, 1.807) is 24.0 Å². The number of carbonyl (C=O) groups is 1. The maximum atomic E-state index is 13.1. The third kappa shape index (κ3) is 4.77. The van der Waals surface area contributed by atoms with E-state index in [0.717, 1.165) is 16.9 Å². The molecule has 1 N–H and O–H groups in total. The Balaban J connectivity index is 1.84. The van der Waals surface area contributed by atoms with E-state index in [1.807, 2.05) is 31.4 Å². The van der Waals surface area contributed by atoms with Crippen LogP contribution in [-0.4, -0.2) is 22.1 Å². The molecule has 1 aromatic carbocycles. The molecule has 1 aliphatic rings. The second kappa shape index (κ2) is 8.87. The van der Waals surface area contributed by atoms with Gasteiger partial charge in [-0.3, -0.25) is 4.79 Å². The molecule has 3 rings (SSSR count). The molecule has 0 saturated heterocycles. The van der Waals surface area contributed by atoms with E-state index in [2.05, 4.69) is 15.3 Å². The number of amides is 1. The van der Waals surface area contributed by atoms with Crippen LogP contribution in [0.3, 0.4) is 0 Å². The van der Waals surface area contributed by atoms with E-state index >= 15 is 0 Å². The zero-order chi connectivity index (χ0) is 18.5. The average Bonchev–Trinajstić information content (AvgIpc) is 3.13. The summed E-state index contributed by atoms with van der Waals surface area (Å²) in [5.41, 5.74) is 0.975. The lowest BCUT2D eigenvalue weighted by atomic mass is 9.87. The van der Waals surface area contributed by atoms with Gasteiger partial charge in [-0.25, -0.2) is 9.97 Å². The number of nitrogens with one attached hydrogen (secondary N) is 1. The highest BCUT2D eigenvalue weighted by Gasteiger charge is 2.27. The molecule has 1 heterocycles. The molecule has 26 heavy (non-hydrogen) atoms. The summed E-state index contributed by atoms with van der Waals surface area (Å²) in [6.45, 7) is 1.81. The van der Waals surface area contributed by atoms with Crippen LogP contribution in [0.15, 0.2) is 35.4 Å². The van der Waals surface area contributed by atoms with Gasteiger partial charge in [-0.2, -0.15) is 0 Å². The summed E-state index contributed by atoms with van der Waals surface area (Å²) < 4.78 is 0. The predicted molar refractivity (Wildman–Crippen MR) is 108 cm³/mol. The molecule has 1 aliphatic carbocycles. The van der Waals surface area contributed by atoms with Crippen molar-refractivity contribution in [3.63, 3.8) is 0 Å². The number of thioether (sulfide) groups is 1. The van der Waals surface area contributed by atoms with Crippen LogP contribution in [0.4, 0.5) is 5.82 Å². The van der Waals surface area contributed by atoms with Crippen molar-refractivity contribution < 1.29 is 4.79 Å². The van der Waals surface area contributed by atoms with E-state index in [-0.39, 0.29) is 11.8 Å². The fraction of sp³-hybridized carbons (Fsp3) is 0.450. The largest absolute Gasteiger partial charge is 0.310 e. The standard InChI is InChI=1S/C20H24ClN3OS/c1-13-22-10-9-19(23-13)24-20(25)16(11-14-5-3-4-6-14)15-7-8-18(26-2)17(21)12-15/h7-10,12,14,16H,3-6,11H2,1-2H3,(H,22,23,24,25). The summed E-state index contributed by atoms with van der Waals surface area (Å²) in [5.74, 6) is 1.54. The van der Waals surface area contributed by atoms with Crippen molar-refractivity contribution in [1.29, 1.82) is 0 Å². The normalized spacial score (nSPS) is 15.8. The first-order valence-electron chi connectivity index (χ1n) is 9.00. The average molecular weight is 390 g/mol. The molecular weight excluding hydrogens is 366 g/mol. The van der Waals surface area contributed by atoms with E-state index in [0.29, 0.717) is 22.6 Å². The molecule has 1 saturated carbocycles. The van der Waals surface area contributed by atoms with Crippen LogP contribution >= 0.6 is 23.4 Å². The highest BCUT2D eigenvalue weighted by atomic mass is 35.5. The number of aromatic nitrogens is 2. The van der Waals surface area contributed by atoms with Gasteiger partial charge in [0.25, 0.3) is 0 Å². The Labute approximate surface area is 164 Å². The van der Waals surface area contributed by atoms with Gasteiger partial charge >= 0.3 is 0 Å². The number of benzene rings is 1. The Hall–Kier alpha value is -1.59. The summed E-state index contributed by atoms with van der Waals surface area (Å²) in [6, 6.07) is 7.70. The van der Waals surface area contributed by atoms with Crippen LogP contribution in [0.1, 0.15) is 49.4 Å². The third-order valence-electron chi connectivity index (χ3n) is 4.97. The Morgan fingerprint density at radius 2 is 2.12 bits per heavy atom. The summed E-state index contributed by atoms with van der Waals surface area (Å²) in [6.07, 6.45) is 9.44. The van der Waals surface area contributed by atoms with Crippen LogP contribution in [0.25, 0.3) is 0 Å². The topological polar surface area (TPSA) is 54.9 Å². The van der Waals surface area contributed by atoms with E-state index in [1.165, 1.54) is 25.7 Å². The molecule has 1 aromatic heterocycles. The zero-order valence-electron chi connectivity index (χ0n) is 15.2. The lowest BCUT2D eigenvalue weighted by molar-refractivity contribution is -0.118. The summed E-state index contributed by atoms with van der Waals surface area (Å²) in [7, 11) is 0. The predicted octanol–water partition coefficient (Wildman–Crippen LogP) is 5.46. The number of rotatable bonds is 6. The van der Waals surface area contributed by atoms with Crippen molar-refractivity contribution in [2.75, 3.05) is 11.6 Å². The van der Waals surface area contributed by atoms with E-state index in [9.17, 15) is 4.79 Å². The lowest BCUT2D eigenvalue weighted by Gasteiger charge is -2.21. The van der Waals surface area contributed by atoms with Gasteiger partial charge in [-0.05, 0) is 49.3 Å². The Morgan fingerprint density at radius 3 is 2.77 bits per heavy atom. The SMILES string of the molecule is CSc1ccc(C(CC2CCCC2)C(=O)Nc2ccnc(C)n2)cc1Cl. The highest BCUT2D eigenvalue weighted by molar-refractivity contribution is 7.98. The maximum Gasteiger partial charge on any atom is 0.233 e. The molecular formula is C20H24ClN3OS. The van der Waals surface area contributed by atoms with Gasteiger partial charge in [0.05, 0.1) is 10.9 Å². The number of anilines is 1. The summed E-state index contributed by atoms with van der Waals surface area (Å²) >= 11 is 8.01. The Morgan fingerprint density at radius 1 is 1.35 bits per heavy atom. The van der Waals surface area contributed by atoms with Crippen molar-refractivity contribution in [3.8, 4) is 0 Å². The number of nitrogens with zero attached hydrogens (tertiary/aromatic N) is 2. The molecule has 1 fully saturated rings. The van der Waals surface area contributed by atoms with Crippen LogP contribution < -0.4 is 5.32 Å². The molecule has 1 unspecified atom stereocenters. The minimum atomic E-state index is -0.221. The molecule has 4 nitrogen and oxygen atoms in total. The van der Waals surface area contributed by atoms with Crippen LogP contribution in [0.5, 0.6) is 0 Å². The van der Waals surface area contributed by atoms with Crippen LogP contribution in [0.2, 0.25) is 5.02 Å². The molecule has 2 aromatic rings. The minimum Gasteiger partial charge on any atom is -0.310 e. The van der Waals surface area contributed by atoms with Crippen LogP contribution in [0, 0.1) is 12.8 Å². The fourth-order valence-corrected chi connectivity index (χ4v) is 4.49. The molecule has 0 bridgehead atoms. The van der Waals surface area contributed by atoms with Crippen molar-refractivity contribution in [2.45, 2.75) is 49.8 Å². The fourth-order valence-electron chi connectivity index (χ4n) is 3.61. The van der Waals surface area contributed by atoms with Crippen molar-refractivity contribution in [3.05, 3.63) is 46.9 Å². The van der Waals surface area contributed by atoms with Crippen LogP contribution in [-0.2, 0) is 4.79 Å². The summed E-state index contributed by atoms with van der Waals surface area (Å²) in [4.78, 5) is 22.5. The number of hydrogen-bond donors (Lipinski definition) is 1. The smallest absolute Gasteiger partial charge is 0.233 e. The van der Waals surface area contributed by atoms with E-state index in [4.69, 9.17) is 11.6 Å².